The number of benzene rings is 2. The van der Waals surface area contributed by atoms with Crippen LogP contribution in [-0.4, -0.2) is 14.5 Å². The number of imidazole rings is 1. The second-order valence-electron chi connectivity index (χ2n) is 5.26. The Balaban J connectivity index is 1.80. The van der Waals surface area contributed by atoms with Crippen molar-refractivity contribution in [2.45, 2.75) is 13.5 Å². The van der Waals surface area contributed by atoms with E-state index in [1.54, 1.807) is 0 Å². The number of fused-ring (bicyclic) bond motifs is 2. The maximum Gasteiger partial charge on any atom is 0.107 e. The van der Waals surface area contributed by atoms with Gasteiger partial charge in [-0.05, 0) is 42.8 Å². The third-order valence-corrected chi connectivity index (χ3v) is 3.85. The Morgan fingerprint density at radius 1 is 0.952 bits per heavy atom. The molecule has 0 amide bonds. The van der Waals surface area contributed by atoms with Crippen LogP contribution < -0.4 is 0 Å². The Kier molecular flexibility index (Phi) is 2.71. The van der Waals surface area contributed by atoms with E-state index in [4.69, 9.17) is 0 Å². The molecule has 0 unspecified atom stereocenters. The molecule has 0 bridgehead atoms. The lowest BCUT2D eigenvalue weighted by molar-refractivity contribution is 0.787. The van der Waals surface area contributed by atoms with Gasteiger partial charge in [-0.3, -0.25) is 4.98 Å². The highest BCUT2D eigenvalue weighted by atomic mass is 15.1. The summed E-state index contributed by atoms with van der Waals surface area (Å²) in [4.78, 5) is 8.99. The van der Waals surface area contributed by atoms with E-state index in [1.807, 2.05) is 18.3 Å². The van der Waals surface area contributed by atoms with Crippen LogP contribution in [0.25, 0.3) is 21.9 Å². The summed E-state index contributed by atoms with van der Waals surface area (Å²) in [5.41, 5.74) is 4.54. The second kappa shape index (κ2) is 4.70. The molecule has 0 saturated carbocycles. The zero-order valence-electron chi connectivity index (χ0n) is 11.8. The van der Waals surface area contributed by atoms with Crippen LogP contribution in [-0.2, 0) is 6.54 Å². The lowest BCUT2D eigenvalue weighted by Crippen LogP contribution is -2.01. The normalized spacial score (nSPS) is 11.3. The quantitative estimate of drug-likeness (QED) is 0.554. The van der Waals surface area contributed by atoms with Gasteiger partial charge in [0.1, 0.15) is 5.82 Å². The van der Waals surface area contributed by atoms with Crippen molar-refractivity contribution in [1.82, 2.24) is 14.5 Å². The van der Waals surface area contributed by atoms with Crippen LogP contribution in [0.15, 0.2) is 60.8 Å². The van der Waals surface area contributed by atoms with Crippen LogP contribution in [0.4, 0.5) is 0 Å². The first-order valence-electron chi connectivity index (χ1n) is 7.07. The van der Waals surface area contributed by atoms with Crippen molar-refractivity contribution < 1.29 is 0 Å². The van der Waals surface area contributed by atoms with Gasteiger partial charge in [-0.25, -0.2) is 4.98 Å². The molecule has 2 aromatic carbocycles. The Bertz CT molecular complexity index is 937. The molecule has 0 spiro atoms. The van der Waals surface area contributed by atoms with E-state index >= 15 is 0 Å². The highest BCUT2D eigenvalue weighted by Crippen LogP contribution is 2.19. The average molecular weight is 273 g/mol. The van der Waals surface area contributed by atoms with Gasteiger partial charge in [-0.1, -0.05) is 24.3 Å². The lowest BCUT2D eigenvalue weighted by atomic mass is 10.1. The number of nitrogens with zero attached hydrogens (tertiary/aromatic N) is 3. The molecule has 2 heterocycles. The van der Waals surface area contributed by atoms with E-state index in [-0.39, 0.29) is 0 Å². The Labute approximate surface area is 122 Å². The van der Waals surface area contributed by atoms with Crippen molar-refractivity contribution >= 4 is 21.9 Å². The van der Waals surface area contributed by atoms with E-state index in [1.165, 1.54) is 16.5 Å². The van der Waals surface area contributed by atoms with Crippen molar-refractivity contribution in [3.8, 4) is 0 Å². The Morgan fingerprint density at radius 3 is 2.81 bits per heavy atom. The van der Waals surface area contributed by atoms with Crippen LogP contribution in [0, 0.1) is 6.92 Å². The molecule has 0 fully saturated rings. The minimum atomic E-state index is 0.831. The maximum atomic E-state index is 4.62. The highest BCUT2D eigenvalue weighted by Gasteiger charge is 2.07. The predicted octanol–water partition coefficient (Wildman–Crippen LogP) is 3.94. The van der Waals surface area contributed by atoms with Gasteiger partial charge in [0, 0.05) is 18.1 Å². The summed E-state index contributed by atoms with van der Waals surface area (Å²) >= 11 is 0. The largest absolute Gasteiger partial charge is 0.324 e. The molecule has 3 nitrogen and oxygen atoms in total. The number of aryl methyl sites for hydroxylation is 1. The van der Waals surface area contributed by atoms with Gasteiger partial charge in [0.15, 0.2) is 0 Å². The summed E-state index contributed by atoms with van der Waals surface area (Å²) in [5, 5.41) is 1.18. The van der Waals surface area contributed by atoms with Crippen molar-refractivity contribution in [2.24, 2.45) is 0 Å². The fraction of sp³-hybridized carbons (Fsp3) is 0.111. The van der Waals surface area contributed by atoms with Crippen molar-refractivity contribution in [3.63, 3.8) is 0 Å². The fourth-order valence-corrected chi connectivity index (χ4v) is 2.80. The molecule has 2 aromatic heterocycles. The molecule has 0 aliphatic carbocycles. The molecule has 4 aromatic rings. The highest BCUT2D eigenvalue weighted by molar-refractivity contribution is 5.79. The molecular weight excluding hydrogens is 258 g/mol. The number of pyridine rings is 1. The van der Waals surface area contributed by atoms with Gasteiger partial charge >= 0.3 is 0 Å². The summed E-state index contributed by atoms with van der Waals surface area (Å²) in [5.74, 6) is 1.04. The summed E-state index contributed by atoms with van der Waals surface area (Å²) in [6.07, 6.45) is 1.83. The molecule has 0 atom stereocenters. The first kappa shape index (κ1) is 12.1. The van der Waals surface area contributed by atoms with Gasteiger partial charge in [0.05, 0.1) is 16.6 Å². The molecule has 0 saturated heterocycles. The molecule has 4 rings (SSSR count). The van der Waals surface area contributed by atoms with Crippen molar-refractivity contribution in [1.29, 1.82) is 0 Å². The van der Waals surface area contributed by atoms with Crippen LogP contribution in [0.5, 0.6) is 0 Å². The monoisotopic (exact) mass is 273 g/mol. The Hall–Kier alpha value is -2.68. The summed E-state index contributed by atoms with van der Waals surface area (Å²) < 4.78 is 2.26. The van der Waals surface area contributed by atoms with E-state index in [0.29, 0.717) is 0 Å². The molecule has 0 radical (unpaired) electrons. The standard InChI is InChI=1S/C18H15N3/c1-13-20-17-6-2-3-7-18(17)21(13)12-14-8-9-16-15(11-14)5-4-10-19-16/h2-11H,12H2,1H3. The number of rotatable bonds is 2. The summed E-state index contributed by atoms with van der Waals surface area (Å²) in [7, 11) is 0. The number of para-hydroxylation sites is 2. The number of hydrogen-bond acceptors (Lipinski definition) is 2. The van der Waals surface area contributed by atoms with Crippen molar-refractivity contribution in [3.05, 3.63) is 72.2 Å². The third kappa shape index (κ3) is 2.07. The van der Waals surface area contributed by atoms with Crippen LogP contribution >= 0.6 is 0 Å². The minimum Gasteiger partial charge on any atom is -0.324 e. The van der Waals surface area contributed by atoms with Gasteiger partial charge in [-0.15, -0.1) is 0 Å². The number of aromatic nitrogens is 3. The molecule has 3 heteroatoms. The third-order valence-electron chi connectivity index (χ3n) is 3.85. The number of hydrogen-bond donors (Lipinski definition) is 0. The lowest BCUT2D eigenvalue weighted by Gasteiger charge is -2.08. The van der Waals surface area contributed by atoms with Crippen LogP contribution in [0.3, 0.4) is 0 Å². The van der Waals surface area contributed by atoms with Crippen LogP contribution in [0.1, 0.15) is 11.4 Å². The average Bonchev–Trinajstić information content (AvgIpc) is 2.83. The molecular formula is C18H15N3. The fourth-order valence-electron chi connectivity index (χ4n) is 2.80. The van der Waals surface area contributed by atoms with Crippen LogP contribution in [0.2, 0.25) is 0 Å². The first-order valence-corrected chi connectivity index (χ1v) is 7.07. The van der Waals surface area contributed by atoms with E-state index < -0.39 is 0 Å². The topological polar surface area (TPSA) is 30.7 Å². The zero-order valence-corrected chi connectivity index (χ0v) is 11.8. The SMILES string of the molecule is Cc1nc2ccccc2n1Cc1ccc2ncccc2c1. The summed E-state index contributed by atoms with van der Waals surface area (Å²) in [6, 6.07) is 18.8. The Morgan fingerprint density at radius 2 is 1.86 bits per heavy atom. The maximum absolute atomic E-state index is 4.62. The zero-order chi connectivity index (χ0) is 14.2. The predicted molar refractivity (Wildman–Crippen MR) is 85.3 cm³/mol. The minimum absolute atomic E-state index is 0.831. The molecule has 0 N–H and O–H groups in total. The first-order chi connectivity index (χ1) is 10.3. The smallest absolute Gasteiger partial charge is 0.107 e. The second-order valence-corrected chi connectivity index (χ2v) is 5.26. The van der Waals surface area contributed by atoms with E-state index in [0.717, 1.165) is 23.4 Å². The molecule has 0 aliphatic rings. The molecule has 21 heavy (non-hydrogen) atoms. The summed E-state index contributed by atoms with van der Waals surface area (Å²) in [6.45, 7) is 2.89. The van der Waals surface area contributed by atoms with Gasteiger partial charge in [-0.2, -0.15) is 0 Å². The van der Waals surface area contributed by atoms with E-state index in [9.17, 15) is 0 Å². The molecule has 0 aliphatic heterocycles. The van der Waals surface area contributed by atoms with Gasteiger partial charge in [0.25, 0.3) is 0 Å². The van der Waals surface area contributed by atoms with Gasteiger partial charge in [0.2, 0.25) is 0 Å². The van der Waals surface area contributed by atoms with Gasteiger partial charge < -0.3 is 4.57 Å². The van der Waals surface area contributed by atoms with Crippen molar-refractivity contribution in [2.75, 3.05) is 0 Å². The molecule has 102 valence electrons. The van der Waals surface area contributed by atoms with E-state index in [2.05, 4.69) is 63.9 Å².